The third-order valence-electron chi connectivity index (χ3n) is 2.59. The molecule has 0 saturated carbocycles. The molecule has 0 atom stereocenters. The molecule has 1 aromatic carbocycles. The van der Waals surface area contributed by atoms with E-state index in [1.54, 1.807) is 31.2 Å². The summed E-state index contributed by atoms with van der Waals surface area (Å²) >= 11 is 3.24. The van der Waals surface area contributed by atoms with Crippen molar-refractivity contribution in [2.24, 2.45) is 0 Å². The zero-order chi connectivity index (χ0) is 14.6. The van der Waals surface area contributed by atoms with Crippen molar-refractivity contribution in [2.75, 3.05) is 11.9 Å². The number of nitrogens with one attached hydrogen (secondary N) is 2. The third-order valence-corrected chi connectivity index (χ3v) is 4.58. The van der Waals surface area contributed by atoms with Crippen molar-refractivity contribution in [1.29, 1.82) is 0 Å². The van der Waals surface area contributed by atoms with Gasteiger partial charge in [0.2, 0.25) is 10.0 Å². The van der Waals surface area contributed by atoms with Crippen LogP contribution in [0.15, 0.2) is 50.4 Å². The predicted molar refractivity (Wildman–Crippen MR) is 81.0 cm³/mol. The summed E-state index contributed by atoms with van der Waals surface area (Å²) in [6, 6.07) is 10.3. The van der Waals surface area contributed by atoms with E-state index in [-0.39, 0.29) is 4.90 Å². The van der Waals surface area contributed by atoms with Crippen LogP contribution in [0.3, 0.4) is 0 Å². The molecule has 0 bridgehead atoms. The summed E-state index contributed by atoms with van der Waals surface area (Å²) in [7, 11) is -3.39. The lowest BCUT2D eigenvalue weighted by atomic mass is 10.3. The molecule has 2 aromatic rings. The minimum atomic E-state index is -3.39. The van der Waals surface area contributed by atoms with Crippen molar-refractivity contribution in [1.82, 2.24) is 4.72 Å². The van der Waals surface area contributed by atoms with Gasteiger partial charge in [0.15, 0.2) is 4.67 Å². The number of rotatable bonds is 6. The Morgan fingerprint density at radius 3 is 2.40 bits per heavy atom. The zero-order valence-electron chi connectivity index (χ0n) is 10.9. The standard InChI is InChI=1S/C13H15BrN2O3S/c1-2-16-20(17,18)12-6-3-10(4-7-12)15-9-11-5-8-13(14)19-11/h3-8,15-16H,2,9H2,1H3. The van der Waals surface area contributed by atoms with Gasteiger partial charge in [-0.1, -0.05) is 6.92 Å². The van der Waals surface area contributed by atoms with Crippen LogP contribution in [0.25, 0.3) is 0 Å². The van der Waals surface area contributed by atoms with Gasteiger partial charge >= 0.3 is 0 Å². The highest BCUT2D eigenvalue weighted by atomic mass is 79.9. The molecule has 5 nitrogen and oxygen atoms in total. The summed E-state index contributed by atoms with van der Waals surface area (Å²) in [4.78, 5) is 0.255. The first-order chi connectivity index (χ1) is 9.51. The van der Waals surface area contributed by atoms with Crippen molar-refractivity contribution in [3.05, 3.63) is 46.8 Å². The van der Waals surface area contributed by atoms with E-state index in [4.69, 9.17) is 4.42 Å². The van der Waals surface area contributed by atoms with Crippen molar-refractivity contribution >= 4 is 31.6 Å². The Bertz CT molecular complexity index is 665. The van der Waals surface area contributed by atoms with Crippen LogP contribution >= 0.6 is 15.9 Å². The molecule has 0 aliphatic rings. The molecule has 0 aliphatic carbocycles. The van der Waals surface area contributed by atoms with Crippen LogP contribution < -0.4 is 10.0 Å². The van der Waals surface area contributed by atoms with Crippen LogP contribution in [0.1, 0.15) is 12.7 Å². The molecule has 1 heterocycles. The summed E-state index contributed by atoms with van der Waals surface area (Å²) in [6.07, 6.45) is 0. The number of anilines is 1. The number of benzene rings is 1. The molecule has 0 saturated heterocycles. The monoisotopic (exact) mass is 358 g/mol. The lowest BCUT2D eigenvalue weighted by Gasteiger charge is -2.07. The smallest absolute Gasteiger partial charge is 0.240 e. The highest BCUT2D eigenvalue weighted by Crippen LogP contribution is 2.17. The summed E-state index contributed by atoms with van der Waals surface area (Å²) in [5.41, 5.74) is 0.827. The second kappa shape index (κ2) is 6.43. The van der Waals surface area contributed by atoms with Gasteiger partial charge in [0, 0.05) is 12.2 Å². The fourth-order valence-electron chi connectivity index (χ4n) is 1.66. The Morgan fingerprint density at radius 2 is 1.85 bits per heavy atom. The van der Waals surface area contributed by atoms with E-state index in [0.717, 1.165) is 11.4 Å². The minimum Gasteiger partial charge on any atom is -0.452 e. The number of hydrogen-bond acceptors (Lipinski definition) is 4. The Hall–Kier alpha value is -1.31. The largest absolute Gasteiger partial charge is 0.452 e. The van der Waals surface area contributed by atoms with E-state index in [9.17, 15) is 8.42 Å². The molecule has 0 unspecified atom stereocenters. The van der Waals surface area contributed by atoms with Gasteiger partial charge in [-0.3, -0.25) is 0 Å². The van der Waals surface area contributed by atoms with Gasteiger partial charge in [-0.2, -0.15) is 0 Å². The lowest BCUT2D eigenvalue weighted by Crippen LogP contribution is -2.23. The van der Waals surface area contributed by atoms with Crippen LogP contribution in [0.2, 0.25) is 0 Å². The van der Waals surface area contributed by atoms with Gasteiger partial charge in [0.05, 0.1) is 11.4 Å². The summed E-state index contributed by atoms with van der Waals surface area (Å²) < 4.78 is 32.0. The maximum atomic E-state index is 11.8. The molecule has 0 spiro atoms. The molecule has 0 fully saturated rings. The Balaban J connectivity index is 2.01. The van der Waals surface area contributed by atoms with Crippen LogP contribution in [0, 0.1) is 0 Å². The summed E-state index contributed by atoms with van der Waals surface area (Å²) in [5.74, 6) is 0.793. The second-order valence-electron chi connectivity index (χ2n) is 4.09. The highest BCUT2D eigenvalue weighted by molar-refractivity contribution is 9.10. The maximum Gasteiger partial charge on any atom is 0.240 e. The molecule has 7 heteroatoms. The van der Waals surface area contributed by atoms with Gasteiger partial charge in [-0.25, -0.2) is 13.1 Å². The number of halogens is 1. The second-order valence-corrected chi connectivity index (χ2v) is 6.63. The highest BCUT2D eigenvalue weighted by Gasteiger charge is 2.11. The Labute approximate surface area is 126 Å². The van der Waals surface area contributed by atoms with Gasteiger partial charge in [-0.15, -0.1) is 0 Å². The molecular weight excluding hydrogens is 344 g/mol. The van der Waals surface area contributed by atoms with E-state index in [1.165, 1.54) is 0 Å². The van der Waals surface area contributed by atoms with Crippen molar-refractivity contribution < 1.29 is 12.8 Å². The molecule has 0 amide bonds. The van der Waals surface area contributed by atoms with E-state index in [0.29, 0.717) is 17.8 Å². The van der Waals surface area contributed by atoms with Gasteiger partial charge in [-0.05, 0) is 52.3 Å². The van der Waals surface area contributed by atoms with Crippen molar-refractivity contribution in [3.63, 3.8) is 0 Å². The summed E-state index contributed by atoms with van der Waals surface area (Å²) in [6.45, 7) is 2.65. The molecular formula is C13H15BrN2O3S. The average Bonchev–Trinajstić information content (AvgIpc) is 2.83. The summed E-state index contributed by atoms with van der Waals surface area (Å²) in [5, 5.41) is 3.16. The zero-order valence-corrected chi connectivity index (χ0v) is 13.3. The van der Waals surface area contributed by atoms with Gasteiger partial charge < -0.3 is 9.73 Å². The van der Waals surface area contributed by atoms with Crippen molar-refractivity contribution in [3.8, 4) is 0 Å². The topological polar surface area (TPSA) is 71.3 Å². The van der Waals surface area contributed by atoms with Crippen LogP contribution in [0.4, 0.5) is 5.69 Å². The minimum absolute atomic E-state index is 0.255. The van der Waals surface area contributed by atoms with Gasteiger partial charge in [0.1, 0.15) is 5.76 Å². The Kier molecular flexibility index (Phi) is 4.85. The number of hydrogen-bond donors (Lipinski definition) is 2. The van der Waals surface area contributed by atoms with E-state index < -0.39 is 10.0 Å². The molecule has 2 rings (SSSR count). The fourth-order valence-corrected chi connectivity index (χ4v) is 3.04. The van der Waals surface area contributed by atoms with Crippen LogP contribution in [-0.2, 0) is 16.6 Å². The molecule has 20 heavy (non-hydrogen) atoms. The van der Waals surface area contributed by atoms with E-state index in [1.807, 2.05) is 12.1 Å². The molecule has 0 radical (unpaired) electrons. The van der Waals surface area contributed by atoms with Crippen LogP contribution in [0.5, 0.6) is 0 Å². The van der Waals surface area contributed by atoms with E-state index >= 15 is 0 Å². The number of sulfonamides is 1. The van der Waals surface area contributed by atoms with Crippen LogP contribution in [-0.4, -0.2) is 15.0 Å². The molecule has 2 N–H and O–H groups in total. The lowest BCUT2D eigenvalue weighted by molar-refractivity contribution is 0.495. The average molecular weight is 359 g/mol. The van der Waals surface area contributed by atoms with Crippen molar-refractivity contribution in [2.45, 2.75) is 18.4 Å². The van der Waals surface area contributed by atoms with Gasteiger partial charge in [0.25, 0.3) is 0 Å². The first-order valence-corrected chi connectivity index (χ1v) is 8.36. The maximum absolute atomic E-state index is 11.8. The Morgan fingerprint density at radius 1 is 1.15 bits per heavy atom. The van der Waals surface area contributed by atoms with E-state index in [2.05, 4.69) is 26.0 Å². The first-order valence-electron chi connectivity index (χ1n) is 6.09. The molecule has 108 valence electrons. The molecule has 1 aromatic heterocycles. The molecule has 0 aliphatic heterocycles. The number of furan rings is 1. The SMILES string of the molecule is CCNS(=O)(=O)c1ccc(NCc2ccc(Br)o2)cc1. The fraction of sp³-hybridized carbons (Fsp3) is 0.231. The first kappa shape index (κ1) is 15.1. The normalized spacial score (nSPS) is 11.5. The third kappa shape index (κ3) is 3.84. The predicted octanol–water partition coefficient (Wildman–Crippen LogP) is 2.95. The quantitative estimate of drug-likeness (QED) is 0.832.